The van der Waals surface area contributed by atoms with Crippen molar-refractivity contribution < 1.29 is 0 Å². The summed E-state index contributed by atoms with van der Waals surface area (Å²) in [5, 5.41) is 8.31. The van der Waals surface area contributed by atoms with Crippen LogP contribution in [-0.4, -0.2) is 29.4 Å². The molecule has 2 aliphatic carbocycles. The van der Waals surface area contributed by atoms with E-state index in [4.69, 9.17) is 16.9 Å². The molecule has 0 aromatic carbocycles. The number of hydrogen-bond acceptors (Lipinski definition) is 2. The zero-order chi connectivity index (χ0) is 9.26. The van der Waals surface area contributed by atoms with E-state index < -0.39 is 0 Å². The van der Waals surface area contributed by atoms with E-state index in [0.29, 0.717) is 0 Å². The topological polar surface area (TPSA) is 27.0 Å². The highest BCUT2D eigenvalue weighted by Gasteiger charge is 2.34. The van der Waals surface area contributed by atoms with Crippen LogP contribution in [0.25, 0.3) is 0 Å². The fourth-order valence-corrected chi connectivity index (χ4v) is 1.87. The fourth-order valence-electron chi connectivity index (χ4n) is 1.69. The molecule has 0 aromatic heterocycles. The average Bonchev–Trinajstić information content (AvgIpc) is 2.96. The summed E-state index contributed by atoms with van der Waals surface area (Å²) in [6.07, 6.45) is 5.37. The Kier molecular flexibility index (Phi) is 2.76. The molecule has 2 aliphatic rings. The van der Waals surface area contributed by atoms with E-state index >= 15 is 0 Å². The lowest BCUT2D eigenvalue weighted by Crippen LogP contribution is -2.33. The lowest BCUT2D eigenvalue weighted by Gasteiger charge is -2.21. The maximum absolute atomic E-state index is 8.63. The van der Waals surface area contributed by atoms with Crippen LogP contribution in [0.4, 0.5) is 0 Å². The van der Waals surface area contributed by atoms with Gasteiger partial charge >= 0.3 is 0 Å². The molecule has 2 saturated carbocycles. The van der Waals surface area contributed by atoms with Crippen LogP contribution < -0.4 is 0 Å². The minimum atomic E-state index is -0.320. The minimum absolute atomic E-state index is 0.320. The van der Waals surface area contributed by atoms with Gasteiger partial charge in [-0.15, -0.1) is 11.6 Å². The number of alkyl halides is 1. The molecule has 72 valence electrons. The van der Waals surface area contributed by atoms with Crippen LogP contribution in [0, 0.1) is 17.2 Å². The number of nitrogens with zero attached hydrogens (tertiary/aromatic N) is 2. The minimum Gasteiger partial charge on any atom is -0.298 e. The zero-order valence-electron chi connectivity index (χ0n) is 7.75. The zero-order valence-corrected chi connectivity index (χ0v) is 8.50. The van der Waals surface area contributed by atoms with Gasteiger partial charge < -0.3 is 0 Å². The molecule has 0 radical (unpaired) electrons. The summed E-state index contributed by atoms with van der Waals surface area (Å²) >= 11 is 5.83. The highest BCUT2D eigenvalue weighted by molar-refractivity contribution is 6.22. The van der Waals surface area contributed by atoms with E-state index in [9.17, 15) is 0 Å². The van der Waals surface area contributed by atoms with Crippen molar-refractivity contribution in [3.63, 3.8) is 0 Å². The average molecular weight is 199 g/mol. The quantitative estimate of drug-likeness (QED) is 0.632. The third kappa shape index (κ3) is 2.86. The molecule has 2 nitrogen and oxygen atoms in total. The third-order valence-electron chi connectivity index (χ3n) is 2.79. The number of halogens is 1. The normalized spacial score (nSPS) is 24.4. The van der Waals surface area contributed by atoms with Crippen molar-refractivity contribution in [1.29, 1.82) is 5.26 Å². The molecule has 0 aromatic rings. The predicted molar refractivity (Wildman–Crippen MR) is 52.6 cm³/mol. The highest BCUT2D eigenvalue weighted by Crippen LogP contribution is 2.34. The fraction of sp³-hybridized carbons (Fsp3) is 0.900. The molecule has 1 atom stereocenters. The lowest BCUT2D eigenvalue weighted by atomic mass is 10.3. The van der Waals surface area contributed by atoms with Crippen molar-refractivity contribution in [2.45, 2.75) is 37.1 Å². The van der Waals surface area contributed by atoms with Crippen LogP contribution in [0.15, 0.2) is 0 Å². The van der Waals surface area contributed by atoms with E-state index in [1.807, 2.05) is 0 Å². The smallest absolute Gasteiger partial charge is 0.133 e. The van der Waals surface area contributed by atoms with E-state index in [2.05, 4.69) is 11.0 Å². The maximum Gasteiger partial charge on any atom is 0.133 e. The molecule has 0 aliphatic heterocycles. The second kappa shape index (κ2) is 3.86. The molecule has 0 saturated heterocycles. The molecule has 3 heteroatoms. The van der Waals surface area contributed by atoms with Gasteiger partial charge in [0.05, 0.1) is 6.07 Å². The molecule has 0 heterocycles. The molecule has 2 rings (SSSR count). The summed E-state index contributed by atoms with van der Waals surface area (Å²) in [7, 11) is 0. The summed E-state index contributed by atoms with van der Waals surface area (Å²) in [5.41, 5.74) is 0. The van der Waals surface area contributed by atoms with Crippen molar-refractivity contribution in [1.82, 2.24) is 4.90 Å². The Hall–Kier alpha value is -0.260. The van der Waals surface area contributed by atoms with Crippen molar-refractivity contribution in [2.24, 2.45) is 5.92 Å². The Bertz CT molecular complexity index is 215. The molecule has 13 heavy (non-hydrogen) atoms. The summed E-state index contributed by atoms with van der Waals surface area (Å²) in [4.78, 5) is 2.42. The van der Waals surface area contributed by atoms with Gasteiger partial charge in [-0.3, -0.25) is 4.90 Å². The second-order valence-corrected chi connectivity index (χ2v) is 4.75. The van der Waals surface area contributed by atoms with Crippen LogP contribution >= 0.6 is 11.6 Å². The van der Waals surface area contributed by atoms with Crippen molar-refractivity contribution in [2.75, 3.05) is 13.1 Å². The first-order valence-corrected chi connectivity index (χ1v) is 5.51. The van der Waals surface area contributed by atoms with Gasteiger partial charge in [-0.05, 0) is 31.6 Å². The number of rotatable bonds is 5. The molecular weight excluding hydrogens is 184 g/mol. The molecule has 0 amide bonds. The van der Waals surface area contributed by atoms with E-state index in [0.717, 1.165) is 18.5 Å². The van der Waals surface area contributed by atoms with Crippen molar-refractivity contribution >= 4 is 11.6 Å². The van der Waals surface area contributed by atoms with Gasteiger partial charge in [-0.25, -0.2) is 0 Å². The molecular formula is C10H15ClN2. The number of hydrogen-bond donors (Lipinski definition) is 0. The van der Waals surface area contributed by atoms with Crippen LogP contribution in [0.2, 0.25) is 0 Å². The van der Waals surface area contributed by atoms with Gasteiger partial charge in [0.1, 0.15) is 5.38 Å². The van der Waals surface area contributed by atoms with Gasteiger partial charge in [-0.2, -0.15) is 5.26 Å². The van der Waals surface area contributed by atoms with Crippen LogP contribution in [-0.2, 0) is 0 Å². The first kappa shape index (κ1) is 9.30. The Morgan fingerprint density at radius 3 is 2.54 bits per heavy atom. The maximum atomic E-state index is 8.63. The van der Waals surface area contributed by atoms with Crippen LogP contribution in [0.3, 0.4) is 0 Å². The lowest BCUT2D eigenvalue weighted by molar-refractivity contribution is 0.260. The SMILES string of the molecule is N#CC(Cl)CN(CC1CC1)C1CC1. The second-order valence-electron chi connectivity index (χ2n) is 4.23. The van der Waals surface area contributed by atoms with Gasteiger partial charge in [-0.1, -0.05) is 0 Å². The molecule has 1 unspecified atom stereocenters. The first-order valence-electron chi connectivity index (χ1n) is 5.07. The van der Waals surface area contributed by atoms with Crippen molar-refractivity contribution in [3.05, 3.63) is 0 Å². The summed E-state index contributed by atoms with van der Waals surface area (Å²) in [6, 6.07) is 2.84. The molecule has 0 spiro atoms. The Balaban J connectivity index is 1.78. The largest absolute Gasteiger partial charge is 0.298 e. The monoisotopic (exact) mass is 198 g/mol. The van der Waals surface area contributed by atoms with Gasteiger partial charge in [0.2, 0.25) is 0 Å². The van der Waals surface area contributed by atoms with E-state index in [1.54, 1.807) is 0 Å². The molecule has 0 bridgehead atoms. The summed E-state index contributed by atoms with van der Waals surface area (Å²) in [6.45, 7) is 1.94. The highest BCUT2D eigenvalue weighted by atomic mass is 35.5. The summed E-state index contributed by atoms with van der Waals surface area (Å²) < 4.78 is 0. The predicted octanol–water partition coefficient (Wildman–Crippen LogP) is 1.99. The van der Waals surface area contributed by atoms with Gasteiger partial charge in [0, 0.05) is 19.1 Å². The Labute approximate surface area is 84.5 Å². The Morgan fingerprint density at radius 2 is 2.08 bits per heavy atom. The molecule has 2 fully saturated rings. The van der Waals surface area contributed by atoms with E-state index in [1.165, 1.54) is 32.2 Å². The number of nitriles is 1. The summed E-state index contributed by atoms with van der Waals surface area (Å²) in [5.74, 6) is 0.906. The third-order valence-corrected chi connectivity index (χ3v) is 3.02. The first-order chi connectivity index (χ1) is 6.29. The standard InChI is InChI=1S/C10H15ClN2/c11-9(5-12)7-13(10-3-4-10)6-8-1-2-8/h8-10H,1-4,6-7H2. The van der Waals surface area contributed by atoms with Crippen LogP contribution in [0.5, 0.6) is 0 Å². The van der Waals surface area contributed by atoms with Gasteiger partial charge in [0.15, 0.2) is 0 Å². The van der Waals surface area contributed by atoms with Gasteiger partial charge in [0.25, 0.3) is 0 Å². The van der Waals surface area contributed by atoms with E-state index in [-0.39, 0.29) is 5.38 Å². The van der Waals surface area contributed by atoms with Crippen LogP contribution in [0.1, 0.15) is 25.7 Å². The Morgan fingerprint density at radius 1 is 1.38 bits per heavy atom. The molecule has 0 N–H and O–H groups in total. The van der Waals surface area contributed by atoms with Crippen molar-refractivity contribution in [3.8, 4) is 6.07 Å².